The van der Waals surface area contributed by atoms with E-state index in [-0.39, 0.29) is 0 Å². The first-order valence-electron chi connectivity index (χ1n) is 9.66. The number of carbonyl (C=O) groups is 1. The van der Waals surface area contributed by atoms with Gasteiger partial charge in [-0.1, -0.05) is 56.2 Å². The number of ether oxygens (including phenoxy) is 2. The molecule has 1 N–H and O–H groups in total. The molecule has 0 aromatic heterocycles. The molecule has 0 aliphatic rings. The standard InChI is InChI=1S/C23H31NO3/c1-5-6-7-15-26-21-10-8-9-20(16-21)19-13-11-18(12-14-19)17-24-22(25)27-23(2,3)4/h8-14,16H,5-7,15,17H2,1-4H3,(H,24,25). The lowest BCUT2D eigenvalue weighted by molar-refractivity contribution is 0.0523. The van der Waals surface area contributed by atoms with Gasteiger partial charge in [-0.05, 0) is 56.0 Å². The van der Waals surface area contributed by atoms with E-state index in [0.29, 0.717) is 6.54 Å². The number of benzene rings is 2. The Morgan fingerprint density at radius 2 is 1.74 bits per heavy atom. The van der Waals surface area contributed by atoms with Crippen LogP contribution in [0.3, 0.4) is 0 Å². The maximum Gasteiger partial charge on any atom is 0.407 e. The fraction of sp³-hybridized carbons (Fsp3) is 0.435. The molecular formula is C23H31NO3. The van der Waals surface area contributed by atoms with Crippen LogP contribution < -0.4 is 10.1 Å². The molecule has 0 fully saturated rings. The number of nitrogens with one attached hydrogen (secondary N) is 1. The first-order chi connectivity index (χ1) is 12.9. The summed E-state index contributed by atoms with van der Waals surface area (Å²) in [5.74, 6) is 0.902. The molecule has 146 valence electrons. The van der Waals surface area contributed by atoms with Gasteiger partial charge in [0.2, 0.25) is 0 Å². The number of unbranched alkanes of at least 4 members (excludes halogenated alkanes) is 2. The molecule has 0 atom stereocenters. The lowest BCUT2D eigenvalue weighted by Gasteiger charge is -2.19. The van der Waals surface area contributed by atoms with Crippen molar-refractivity contribution >= 4 is 6.09 Å². The summed E-state index contributed by atoms with van der Waals surface area (Å²) in [5.41, 5.74) is 2.78. The van der Waals surface area contributed by atoms with Crippen LogP contribution in [-0.4, -0.2) is 18.3 Å². The second-order valence-electron chi connectivity index (χ2n) is 7.64. The normalized spacial score (nSPS) is 11.1. The van der Waals surface area contributed by atoms with Gasteiger partial charge in [0, 0.05) is 6.54 Å². The maximum atomic E-state index is 11.7. The van der Waals surface area contributed by atoms with Crippen LogP contribution in [0.4, 0.5) is 4.79 Å². The van der Waals surface area contributed by atoms with Crippen molar-refractivity contribution in [2.75, 3.05) is 6.61 Å². The summed E-state index contributed by atoms with van der Waals surface area (Å²) < 4.78 is 11.1. The molecule has 4 nitrogen and oxygen atoms in total. The highest BCUT2D eigenvalue weighted by atomic mass is 16.6. The van der Waals surface area contributed by atoms with E-state index in [4.69, 9.17) is 9.47 Å². The molecule has 0 radical (unpaired) electrons. The van der Waals surface area contributed by atoms with Crippen LogP contribution in [0.25, 0.3) is 11.1 Å². The van der Waals surface area contributed by atoms with Crippen molar-refractivity contribution in [2.45, 2.75) is 59.1 Å². The molecule has 2 rings (SSSR count). The number of amides is 1. The van der Waals surface area contributed by atoms with Crippen LogP contribution in [0, 0.1) is 0 Å². The smallest absolute Gasteiger partial charge is 0.407 e. The Kier molecular flexibility index (Phi) is 7.71. The van der Waals surface area contributed by atoms with Gasteiger partial charge < -0.3 is 14.8 Å². The van der Waals surface area contributed by atoms with E-state index in [9.17, 15) is 4.79 Å². The summed E-state index contributed by atoms with van der Waals surface area (Å²) in [6.07, 6.45) is 3.07. The predicted molar refractivity (Wildman–Crippen MR) is 110 cm³/mol. The second-order valence-corrected chi connectivity index (χ2v) is 7.64. The largest absolute Gasteiger partial charge is 0.494 e. The molecule has 2 aromatic carbocycles. The first kappa shape index (κ1) is 20.8. The van der Waals surface area contributed by atoms with Crippen LogP contribution in [0.2, 0.25) is 0 Å². The quantitative estimate of drug-likeness (QED) is 0.585. The Morgan fingerprint density at radius 3 is 2.41 bits per heavy atom. The molecule has 1 amide bonds. The molecule has 0 unspecified atom stereocenters. The van der Waals surface area contributed by atoms with E-state index < -0.39 is 11.7 Å². The molecule has 0 saturated carbocycles. The minimum atomic E-state index is -0.489. The van der Waals surface area contributed by atoms with Gasteiger partial charge in [-0.3, -0.25) is 0 Å². The summed E-state index contributed by atoms with van der Waals surface area (Å²) >= 11 is 0. The van der Waals surface area contributed by atoms with E-state index in [0.717, 1.165) is 35.5 Å². The third kappa shape index (κ3) is 7.73. The minimum Gasteiger partial charge on any atom is -0.494 e. The zero-order chi connectivity index (χ0) is 19.7. The van der Waals surface area contributed by atoms with Crippen molar-refractivity contribution in [1.82, 2.24) is 5.32 Å². The summed E-state index contributed by atoms with van der Waals surface area (Å²) in [6.45, 7) is 8.94. The van der Waals surface area contributed by atoms with Crippen LogP contribution in [0.5, 0.6) is 5.75 Å². The summed E-state index contributed by atoms with van der Waals surface area (Å²) in [4.78, 5) is 11.7. The molecule has 27 heavy (non-hydrogen) atoms. The zero-order valence-electron chi connectivity index (χ0n) is 16.9. The van der Waals surface area contributed by atoms with E-state index in [1.807, 2.05) is 45.0 Å². The molecule has 0 heterocycles. The van der Waals surface area contributed by atoms with Crippen LogP contribution in [0.1, 0.15) is 52.5 Å². The van der Waals surface area contributed by atoms with Crippen molar-refractivity contribution in [1.29, 1.82) is 0 Å². The molecule has 0 aliphatic carbocycles. The molecular weight excluding hydrogens is 338 g/mol. The third-order valence-electron chi connectivity index (χ3n) is 3.97. The lowest BCUT2D eigenvalue weighted by Crippen LogP contribution is -2.32. The predicted octanol–water partition coefficient (Wildman–Crippen LogP) is 5.95. The van der Waals surface area contributed by atoms with E-state index in [2.05, 4.69) is 36.5 Å². The molecule has 0 bridgehead atoms. The highest BCUT2D eigenvalue weighted by Crippen LogP contribution is 2.24. The van der Waals surface area contributed by atoms with E-state index in [1.54, 1.807) is 0 Å². The molecule has 4 heteroatoms. The lowest BCUT2D eigenvalue weighted by atomic mass is 10.0. The van der Waals surface area contributed by atoms with Crippen molar-refractivity contribution in [3.63, 3.8) is 0 Å². The van der Waals surface area contributed by atoms with Crippen molar-refractivity contribution in [3.05, 3.63) is 54.1 Å². The number of alkyl carbamates (subject to hydrolysis) is 1. The topological polar surface area (TPSA) is 47.6 Å². The minimum absolute atomic E-state index is 0.403. The Labute approximate surface area is 162 Å². The summed E-state index contributed by atoms with van der Waals surface area (Å²) in [5, 5.41) is 2.78. The highest BCUT2D eigenvalue weighted by molar-refractivity contribution is 5.68. The number of rotatable bonds is 8. The molecule has 2 aromatic rings. The Morgan fingerprint density at radius 1 is 1.00 bits per heavy atom. The van der Waals surface area contributed by atoms with Gasteiger partial charge in [-0.2, -0.15) is 0 Å². The van der Waals surface area contributed by atoms with Crippen LogP contribution in [0.15, 0.2) is 48.5 Å². The average Bonchev–Trinajstić information content (AvgIpc) is 2.63. The van der Waals surface area contributed by atoms with Gasteiger partial charge >= 0.3 is 6.09 Å². The van der Waals surface area contributed by atoms with Gasteiger partial charge in [-0.15, -0.1) is 0 Å². The molecule has 0 spiro atoms. The van der Waals surface area contributed by atoms with Gasteiger partial charge in [0.05, 0.1) is 6.61 Å². The SMILES string of the molecule is CCCCCOc1cccc(-c2ccc(CNC(=O)OC(C)(C)C)cc2)c1. The van der Waals surface area contributed by atoms with E-state index >= 15 is 0 Å². The number of hydrogen-bond acceptors (Lipinski definition) is 3. The first-order valence-corrected chi connectivity index (χ1v) is 9.66. The molecule has 0 saturated heterocycles. The van der Waals surface area contributed by atoms with E-state index in [1.165, 1.54) is 12.8 Å². The maximum absolute atomic E-state index is 11.7. The summed E-state index contributed by atoms with van der Waals surface area (Å²) in [7, 11) is 0. The van der Waals surface area contributed by atoms with Crippen molar-refractivity contribution in [3.8, 4) is 16.9 Å². The summed E-state index contributed by atoms with van der Waals surface area (Å²) in [6, 6.07) is 16.3. The van der Waals surface area contributed by atoms with Gasteiger partial charge in [0.25, 0.3) is 0 Å². The van der Waals surface area contributed by atoms with Gasteiger partial charge in [-0.25, -0.2) is 4.79 Å². The second kappa shape index (κ2) is 10.0. The van der Waals surface area contributed by atoms with Crippen molar-refractivity contribution < 1.29 is 14.3 Å². The highest BCUT2D eigenvalue weighted by Gasteiger charge is 2.15. The fourth-order valence-corrected chi connectivity index (χ4v) is 2.61. The Bertz CT molecular complexity index is 717. The average molecular weight is 370 g/mol. The molecule has 0 aliphatic heterocycles. The van der Waals surface area contributed by atoms with Crippen LogP contribution >= 0.6 is 0 Å². The van der Waals surface area contributed by atoms with Gasteiger partial charge in [0.15, 0.2) is 0 Å². The Balaban J connectivity index is 1.92. The monoisotopic (exact) mass is 369 g/mol. The fourth-order valence-electron chi connectivity index (χ4n) is 2.61. The zero-order valence-corrected chi connectivity index (χ0v) is 16.9. The van der Waals surface area contributed by atoms with Gasteiger partial charge in [0.1, 0.15) is 11.4 Å². The van der Waals surface area contributed by atoms with Crippen LogP contribution in [-0.2, 0) is 11.3 Å². The number of carbonyl (C=O) groups excluding carboxylic acids is 1. The third-order valence-corrected chi connectivity index (χ3v) is 3.97. The number of hydrogen-bond donors (Lipinski definition) is 1. The Hall–Kier alpha value is -2.49. The van der Waals surface area contributed by atoms with Crippen molar-refractivity contribution in [2.24, 2.45) is 0 Å².